The van der Waals surface area contributed by atoms with Crippen LogP contribution in [0.4, 0.5) is 11.6 Å². The molecule has 0 bridgehead atoms. The van der Waals surface area contributed by atoms with Crippen LogP contribution >= 0.6 is 0 Å². The van der Waals surface area contributed by atoms with E-state index < -0.39 is 0 Å². The van der Waals surface area contributed by atoms with E-state index in [1.807, 2.05) is 0 Å². The van der Waals surface area contributed by atoms with Crippen LogP contribution in [0.25, 0.3) is 0 Å². The smallest absolute Gasteiger partial charge is 0.220 e. The van der Waals surface area contributed by atoms with E-state index in [-0.39, 0.29) is 5.91 Å². The Morgan fingerprint density at radius 1 is 1.53 bits per heavy atom. The number of carbonyl (C=O) groups excluding carboxylic acids is 1. The molecule has 0 radical (unpaired) electrons. The number of methoxy groups -OCH3 is 1. The SMILES string of the molecule is COc1c(N)ncnc1NCCCC(=O)NC1CC1. The molecule has 0 unspecified atom stereocenters. The molecule has 19 heavy (non-hydrogen) atoms. The lowest BCUT2D eigenvalue weighted by Gasteiger charge is -2.10. The molecule has 1 heterocycles. The maximum absolute atomic E-state index is 11.5. The van der Waals surface area contributed by atoms with Crippen molar-refractivity contribution in [2.45, 2.75) is 31.7 Å². The van der Waals surface area contributed by atoms with E-state index in [0.29, 0.717) is 36.4 Å². The number of amides is 1. The first-order chi connectivity index (χ1) is 9.20. The second-order valence-electron chi connectivity index (χ2n) is 4.51. The highest BCUT2D eigenvalue weighted by Crippen LogP contribution is 2.26. The number of aromatic nitrogens is 2. The summed E-state index contributed by atoms with van der Waals surface area (Å²) in [5.41, 5.74) is 5.67. The van der Waals surface area contributed by atoms with Gasteiger partial charge in [-0.2, -0.15) is 0 Å². The third kappa shape index (κ3) is 3.97. The molecule has 1 aliphatic rings. The lowest BCUT2D eigenvalue weighted by molar-refractivity contribution is -0.121. The third-order valence-electron chi connectivity index (χ3n) is 2.85. The van der Waals surface area contributed by atoms with E-state index in [0.717, 1.165) is 19.3 Å². The molecule has 7 heteroatoms. The fraction of sp³-hybridized carbons (Fsp3) is 0.583. The van der Waals surface area contributed by atoms with Crippen LogP contribution in [-0.2, 0) is 4.79 Å². The zero-order chi connectivity index (χ0) is 13.7. The molecule has 0 spiro atoms. The lowest BCUT2D eigenvalue weighted by atomic mass is 10.3. The molecule has 1 aromatic rings. The number of carbonyl (C=O) groups is 1. The van der Waals surface area contributed by atoms with Gasteiger partial charge in [0.2, 0.25) is 11.7 Å². The van der Waals surface area contributed by atoms with Gasteiger partial charge < -0.3 is 21.1 Å². The highest BCUT2D eigenvalue weighted by Gasteiger charge is 2.22. The van der Waals surface area contributed by atoms with E-state index in [1.54, 1.807) is 0 Å². The van der Waals surface area contributed by atoms with Gasteiger partial charge in [0.05, 0.1) is 7.11 Å². The van der Waals surface area contributed by atoms with Crippen LogP contribution in [-0.4, -0.2) is 35.6 Å². The summed E-state index contributed by atoms with van der Waals surface area (Å²) in [6.07, 6.45) is 4.83. The Morgan fingerprint density at radius 2 is 2.32 bits per heavy atom. The van der Waals surface area contributed by atoms with Crippen LogP contribution < -0.4 is 21.1 Å². The van der Waals surface area contributed by atoms with E-state index >= 15 is 0 Å². The minimum absolute atomic E-state index is 0.110. The first-order valence-electron chi connectivity index (χ1n) is 6.38. The first kappa shape index (κ1) is 13.4. The summed E-state index contributed by atoms with van der Waals surface area (Å²) in [5, 5.41) is 6.04. The molecule has 104 valence electrons. The van der Waals surface area contributed by atoms with Crippen molar-refractivity contribution < 1.29 is 9.53 Å². The molecule has 4 N–H and O–H groups in total. The Hall–Kier alpha value is -2.05. The Balaban J connectivity index is 1.72. The number of ether oxygens (including phenoxy) is 1. The fourth-order valence-electron chi connectivity index (χ4n) is 1.70. The molecule has 0 aliphatic heterocycles. The highest BCUT2D eigenvalue weighted by molar-refractivity contribution is 5.76. The molecule has 1 aromatic heterocycles. The van der Waals surface area contributed by atoms with E-state index in [1.165, 1.54) is 13.4 Å². The molecule has 2 rings (SSSR count). The summed E-state index contributed by atoms with van der Waals surface area (Å²) < 4.78 is 5.12. The van der Waals surface area contributed by atoms with Crippen LogP contribution in [0.3, 0.4) is 0 Å². The van der Waals surface area contributed by atoms with Gasteiger partial charge in [0.1, 0.15) is 6.33 Å². The second-order valence-corrected chi connectivity index (χ2v) is 4.51. The van der Waals surface area contributed by atoms with Gasteiger partial charge in [0.25, 0.3) is 0 Å². The minimum atomic E-state index is 0.110. The van der Waals surface area contributed by atoms with Crippen molar-refractivity contribution >= 4 is 17.5 Å². The van der Waals surface area contributed by atoms with Gasteiger partial charge in [-0.25, -0.2) is 9.97 Å². The van der Waals surface area contributed by atoms with Crippen LogP contribution in [0.1, 0.15) is 25.7 Å². The fourth-order valence-corrected chi connectivity index (χ4v) is 1.70. The molecule has 0 aromatic carbocycles. The number of nitrogens with zero attached hydrogens (tertiary/aromatic N) is 2. The average molecular weight is 265 g/mol. The topological polar surface area (TPSA) is 102 Å². The van der Waals surface area contributed by atoms with E-state index in [9.17, 15) is 4.79 Å². The van der Waals surface area contributed by atoms with E-state index in [2.05, 4.69) is 20.6 Å². The van der Waals surface area contributed by atoms with Crippen molar-refractivity contribution in [3.05, 3.63) is 6.33 Å². The van der Waals surface area contributed by atoms with Gasteiger partial charge in [0, 0.05) is 19.0 Å². The maximum Gasteiger partial charge on any atom is 0.220 e. The van der Waals surface area contributed by atoms with Gasteiger partial charge in [-0.05, 0) is 19.3 Å². The molecule has 0 saturated heterocycles. The van der Waals surface area contributed by atoms with Gasteiger partial charge in [-0.3, -0.25) is 4.79 Å². The van der Waals surface area contributed by atoms with Crippen molar-refractivity contribution in [1.82, 2.24) is 15.3 Å². The average Bonchev–Trinajstić information content (AvgIpc) is 3.18. The molecule has 1 aliphatic carbocycles. The van der Waals surface area contributed by atoms with Crippen LogP contribution in [0.2, 0.25) is 0 Å². The standard InChI is InChI=1S/C12H19N5O2/c1-19-10-11(13)15-7-16-12(10)14-6-2-3-9(18)17-8-4-5-8/h7-8H,2-6H2,1H3,(H,17,18)(H3,13,14,15,16). The van der Waals surface area contributed by atoms with Gasteiger partial charge in [0.15, 0.2) is 11.6 Å². The van der Waals surface area contributed by atoms with Gasteiger partial charge >= 0.3 is 0 Å². The number of nitrogens with two attached hydrogens (primary N) is 1. The molecule has 0 atom stereocenters. The summed E-state index contributed by atoms with van der Waals surface area (Å²) in [6.45, 7) is 0.630. The number of hydrogen-bond donors (Lipinski definition) is 3. The summed E-state index contributed by atoms with van der Waals surface area (Å²) in [5.74, 6) is 1.40. The lowest BCUT2D eigenvalue weighted by Crippen LogP contribution is -2.25. The summed E-state index contributed by atoms with van der Waals surface area (Å²) >= 11 is 0. The normalized spacial score (nSPS) is 13.9. The van der Waals surface area contributed by atoms with Crippen molar-refractivity contribution in [1.29, 1.82) is 0 Å². The van der Waals surface area contributed by atoms with Crippen molar-refractivity contribution in [2.75, 3.05) is 24.7 Å². The second kappa shape index (κ2) is 6.21. The maximum atomic E-state index is 11.5. The quantitative estimate of drug-likeness (QED) is 0.622. The number of rotatable bonds is 7. The molecule has 1 saturated carbocycles. The summed E-state index contributed by atoms with van der Waals surface area (Å²) in [7, 11) is 1.52. The predicted octanol–water partition coefficient (Wildman–Crippen LogP) is 0.538. The molecule has 1 amide bonds. The van der Waals surface area contributed by atoms with E-state index in [4.69, 9.17) is 10.5 Å². The predicted molar refractivity (Wildman–Crippen MR) is 71.9 cm³/mol. The molecular weight excluding hydrogens is 246 g/mol. The van der Waals surface area contributed by atoms with Crippen LogP contribution in [0.15, 0.2) is 6.33 Å². The zero-order valence-corrected chi connectivity index (χ0v) is 11.0. The van der Waals surface area contributed by atoms with Gasteiger partial charge in [-0.15, -0.1) is 0 Å². The first-order valence-corrected chi connectivity index (χ1v) is 6.38. The zero-order valence-electron chi connectivity index (χ0n) is 11.0. The molecule has 1 fully saturated rings. The Morgan fingerprint density at radius 3 is 3.00 bits per heavy atom. The van der Waals surface area contributed by atoms with Crippen LogP contribution in [0, 0.1) is 0 Å². The Kier molecular flexibility index (Phi) is 4.38. The Bertz CT molecular complexity index is 448. The molecule has 7 nitrogen and oxygen atoms in total. The number of anilines is 2. The van der Waals surface area contributed by atoms with Crippen molar-refractivity contribution in [3.8, 4) is 5.75 Å². The summed E-state index contributed by atoms with van der Waals surface area (Å²) in [6, 6.07) is 0.419. The third-order valence-corrected chi connectivity index (χ3v) is 2.85. The minimum Gasteiger partial charge on any atom is -0.490 e. The number of nitrogens with one attached hydrogen (secondary N) is 2. The number of nitrogen functional groups attached to an aromatic ring is 1. The van der Waals surface area contributed by atoms with Crippen molar-refractivity contribution in [2.24, 2.45) is 0 Å². The number of hydrogen-bond acceptors (Lipinski definition) is 6. The van der Waals surface area contributed by atoms with Gasteiger partial charge in [-0.1, -0.05) is 0 Å². The highest BCUT2D eigenvalue weighted by atomic mass is 16.5. The van der Waals surface area contributed by atoms with Crippen LogP contribution in [0.5, 0.6) is 5.75 Å². The molecular formula is C12H19N5O2. The summed E-state index contributed by atoms with van der Waals surface area (Å²) in [4.78, 5) is 19.4. The Labute approximate surface area is 111 Å². The van der Waals surface area contributed by atoms with Crippen molar-refractivity contribution in [3.63, 3.8) is 0 Å². The largest absolute Gasteiger partial charge is 0.490 e. The monoisotopic (exact) mass is 265 g/mol.